The fourth-order valence-corrected chi connectivity index (χ4v) is 8.24. The molecule has 0 saturated carbocycles. The number of aryl methyl sites for hydroxylation is 2. The van der Waals surface area contributed by atoms with Crippen LogP contribution in [-0.2, 0) is 6.42 Å². The van der Waals surface area contributed by atoms with E-state index in [1.807, 2.05) is 0 Å². The van der Waals surface area contributed by atoms with E-state index in [0.717, 1.165) is 12.6 Å². The Morgan fingerprint density at radius 1 is 0.517 bits per heavy atom. The highest BCUT2D eigenvalue weighted by Gasteiger charge is 2.44. The van der Waals surface area contributed by atoms with Crippen molar-refractivity contribution >= 4 is 40.2 Å². The summed E-state index contributed by atoms with van der Waals surface area (Å²) in [6.07, 6.45) is 2.21. The Balaban J connectivity index is 0.00000240. The molecule has 0 aliphatic carbocycles. The molecule has 4 rings (SSSR count). The lowest BCUT2D eigenvalue weighted by Gasteiger charge is -2.27. The fraction of sp³-hybridized carbons (Fsp3) is 0.111. The first-order valence-electron chi connectivity index (χ1n) is 9.89. The van der Waals surface area contributed by atoms with E-state index < -0.39 is 7.26 Å². The summed E-state index contributed by atoms with van der Waals surface area (Å²) in [6.45, 7) is 2.15. The lowest BCUT2D eigenvalue weighted by molar-refractivity contribution is 1.14. The maximum absolute atomic E-state index is 2.32. The molecule has 0 bridgehead atoms. The van der Waals surface area contributed by atoms with Crippen LogP contribution in [0.25, 0.3) is 0 Å². The Kier molecular flexibility index (Phi) is 7.42. The van der Waals surface area contributed by atoms with Crippen LogP contribution >= 0.6 is 24.2 Å². The molecule has 4 aromatic rings. The van der Waals surface area contributed by atoms with Crippen LogP contribution in [0.2, 0.25) is 0 Å². The third-order valence-corrected chi connectivity index (χ3v) is 9.88. The molecule has 0 aromatic heterocycles. The van der Waals surface area contributed by atoms with Gasteiger partial charge in [-0.05, 0) is 48.9 Å². The van der Waals surface area contributed by atoms with E-state index in [9.17, 15) is 0 Å². The van der Waals surface area contributed by atoms with Crippen LogP contribution in [0.5, 0.6) is 0 Å². The highest BCUT2D eigenvalue weighted by Crippen LogP contribution is 2.55. The number of hydrogen-bond donors (Lipinski definition) is 0. The van der Waals surface area contributed by atoms with Crippen LogP contribution in [0.4, 0.5) is 0 Å². The van der Waals surface area contributed by atoms with Crippen molar-refractivity contribution in [1.29, 1.82) is 0 Å². The predicted octanol–water partition coefficient (Wildman–Crippen LogP) is 6.11. The lowest BCUT2D eigenvalue weighted by atomic mass is 10.1. The van der Waals surface area contributed by atoms with Gasteiger partial charge in [-0.2, -0.15) is 0 Å². The van der Waals surface area contributed by atoms with Gasteiger partial charge in [-0.25, -0.2) is 0 Å². The second-order valence-electron chi connectivity index (χ2n) is 7.28. The molecule has 2 heteroatoms. The molecule has 0 atom stereocenters. The molecule has 0 saturated heterocycles. The Morgan fingerprint density at radius 3 is 1.28 bits per heavy atom. The molecular weight excluding hydrogens is 435 g/mol. The molecule has 0 aliphatic heterocycles. The summed E-state index contributed by atoms with van der Waals surface area (Å²) < 4.78 is 0. The third kappa shape index (κ3) is 4.69. The van der Waals surface area contributed by atoms with Gasteiger partial charge in [-0.1, -0.05) is 84.4 Å². The molecule has 0 unspecified atom stereocenters. The molecular formula is C27H27BrP+. The first kappa shape index (κ1) is 21.5. The molecule has 0 radical (unpaired) electrons. The fourth-order valence-electron chi connectivity index (χ4n) is 3.93. The molecule has 29 heavy (non-hydrogen) atoms. The van der Waals surface area contributed by atoms with Gasteiger partial charge >= 0.3 is 0 Å². The zero-order valence-electron chi connectivity index (χ0n) is 16.7. The van der Waals surface area contributed by atoms with Crippen molar-refractivity contribution in [2.24, 2.45) is 0 Å². The minimum absolute atomic E-state index is 0. The third-order valence-electron chi connectivity index (χ3n) is 5.45. The summed E-state index contributed by atoms with van der Waals surface area (Å²) in [5.41, 5.74) is 2.73. The molecule has 0 heterocycles. The average molecular weight is 462 g/mol. The van der Waals surface area contributed by atoms with Gasteiger partial charge in [0.15, 0.2) is 0 Å². The quantitative estimate of drug-likeness (QED) is 0.304. The van der Waals surface area contributed by atoms with Gasteiger partial charge in [0.05, 0.1) is 6.16 Å². The minimum atomic E-state index is -1.73. The second kappa shape index (κ2) is 10.0. The number of hydrogen-bond acceptors (Lipinski definition) is 0. The van der Waals surface area contributed by atoms with Crippen LogP contribution in [0.3, 0.4) is 0 Å². The Morgan fingerprint density at radius 2 is 0.897 bits per heavy atom. The van der Waals surface area contributed by atoms with Gasteiger partial charge < -0.3 is 0 Å². The van der Waals surface area contributed by atoms with Crippen molar-refractivity contribution in [3.63, 3.8) is 0 Å². The smallest absolute Gasteiger partial charge is 0.112 e. The largest absolute Gasteiger partial charge is 0.114 e. The molecule has 0 fully saturated rings. The van der Waals surface area contributed by atoms with Gasteiger partial charge in [-0.3, -0.25) is 0 Å². The van der Waals surface area contributed by atoms with E-state index in [1.165, 1.54) is 27.0 Å². The number of rotatable bonds is 6. The second-order valence-corrected chi connectivity index (χ2v) is 10.9. The van der Waals surface area contributed by atoms with Gasteiger partial charge in [0.1, 0.15) is 23.2 Å². The van der Waals surface area contributed by atoms with Crippen LogP contribution in [-0.4, -0.2) is 6.16 Å². The van der Waals surface area contributed by atoms with Crippen molar-refractivity contribution in [1.82, 2.24) is 0 Å². The summed E-state index contributed by atoms with van der Waals surface area (Å²) in [5.74, 6) is 0. The Bertz CT molecular complexity index is 900. The van der Waals surface area contributed by atoms with Crippen LogP contribution in [0.1, 0.15) is 11.1 Å². The van der Waals surface area contributed by atoms with E-state index in [2.05, 4.69) is 122 Å². The lowest BCUT2D eigenvalue weighted by Crippen LogP contribution is -2.34. The first-order valence-corrected chi connectivity index (χ1v) is 11.9. The number of benzene rings is 4. The SMILES string of the molecule is Br.Cc1ccc(CC[P+](c2ccccc2)(c2ccccc2)c2ccccc2)cc1. The zero-order chi connectivity index (χ0) is 19.2. The topological polar surface area (TPSA) is 0 Å². The van der Waals surface area contributed by atoms with Crippen molar-refractivity contribution in [2.75, 3.05) is 6.16 Å². The molecule has 0 N–H and O–H groups in total. The Labute approximate surface area is 185 Å². The van der Waals surface area contributed by atoms with E-state index >= 15 is 0 Å². The summed E-state index contributed by atoms with van der Waals surface area (Å²) in [7, 11) is -1.73. The van der Waals surface area contributed by atoms with Crippen LogP contribution in [0, 0.1) is 6.92 Å². The maximum atomic E-state index is 2.32. The molecule has 0 aliphatic rings. The van der Waals surface area contributed by atoms with E-state index in [0.29, 0.717) is 0 Å². The van der Waals surface area contributed by atoms with Gasteiger partial charge in [0, 0.05) is 6.42 Å². The minimum Gasteiger partial charge on any atom is -0.114 e. The van der Waals surface area contributed by atoms with Crippen LogP contribution < -0.4 is 15.9 Å². The highest BCUT2D eigenvalue weighted by molar-refractivity contribution is 8.93. The van der Waals surface area contributed by atoms with Crippen LogP contribution in [0.15, 0.2) is 115 Å². The maximum Gasteiger partial charge on any atom is 0.112 e. The summed E-state index contributed by atoms with van der Waals surface area (Å²) in [5, 5.41) is 4.37. The van der Waals surface area contributed by atoms with Crippen molar-refractivity contribution in [3.8, 4) is 0 Å². The first-order chi connectivity index (χ1) is 13.8. The number of halogens is 1. The van der Waals surface area contributed by atoms with Crippen molar-refractivity contribution < 1.29 is 0 Å². The van der Waals surface area contributed by atoms with Gasteiger partial charge in [0.2, 0.25) is 0 Å². The normalized spacial score (nSPS) is 10.9. The molecule has 0 nitrogen and oxygen atoms in total. The average Bonchev–Trinajstić information content (AvgIpc) is 2.78. The molecule has 4 aromatic carbocycles. The van der Waals surface area contributed by atoms with E-state index in [-0.39, 0.29) is 17.0 Å². The standard InChI is InChI=1S/C27H26P.BrH/c1-23-17-19-24(20-18-23)21-22-28(25-11-5-2-6-12-25,26-13-7-3-8-14-26)27-15-9-4-10-16-27;/h2-20H,21-22H2,1H3;1H/q+1;. The highest BCUT2D eigenvalue weighted by atomic mass is 79.9. The molecule has 146 valence electrons. The van der Waals surface area contributed by atoms with E-state index in [4.69, 9.17) is 0 Å². The molecule has 0 spiro atoms. The summed E-state index contributed by atoms with van der Waals surface area (Å²) in [6, 6.07) is 42.4. The van der Waals surface area contributed by atoms with Crippen molar-refractivity contribution in [3.05, 3.63) is 126 Å². The predicted molar refractivity (Wildman–Crippen MR) is 135 cm³/mol. The zero-order valence-corrected chi connectivity index (χ0v) is 19.3. The molecule has 0 amide bonds. The summed E-state index contributed by atoms with van der Waals surface area (Å²) in [4.78, 5) is 0. The van der Waals surface area contributed by atoms with E-state index in [1.54, 1.807) is 0 Å². The van der Waals surface area contributed by atoms with Gasteiger partial charge in [0.25, 0.3) is 0 Å². The summed E-state index contributed by atoms with van der Waals surface area (Å²) >= 11 is 0. The van der Waals surface area contributed by atoms with Crippen molar-refractivity contribution in [2.45, 2.75) is 13.3 Å². The van der Waals surface area contributed by atoms with Gasteiger partial charge in [-0.15, -0.1) is 17.0 Å². The Hall–Kier alpha value is -2.21. The monoisotopic (exact) mass is 461 g/mol.